The molecule has 1 atom stereocenters. The minimum atomic E-state index is -0.664. The number of ether oxygens (including phenoxy) is 9. The van der Waals surface area contributed by atoms with Gasteiger partial charge in [0.1, 0.15) is 48.5 Å². The number of rotatable bonds is 10. The zero-order valence-electron chi connectivity index (χ0n) is 42.1. The van der Waals surface area contributed by atoms with Crippen LogP contribution in [0.25, 0.3) is 11.3 Å². The normalized spacial score (nSPS) is 18.0. The van der Waals surface area contributed by atoms with Crippen molar-refractivity contribution in [2.24, 2.45) is 0 Å². The number of esters is 1. The van der Waals surface area contributed by atoms with E-state index in [2.05, 4.69) is 100 Å². The van der Waals surface area contributed by atoms with Gasteiger partial charge in [-0.2, -0.15) is 0 Å². The van der Waals surface area contributed by atoms with Gasteiger partial charge < -0.3 is 62.2 Å². The number of anilines is 4. The Hall–Kier alpha value is -6.11. The van der Waals surface area contributed by atoms with Crippen LogP contribution in [0.2, 0.25) is 0 Å². The Bertz CT molecular complexity index is 2380. The summed E-state index contributed by atoms with van der Waals surface area (Å²) < 4.78 is 57.4. The highest BCUT2D eigenvalue weighted by Crippen LogP contribution is 2.37. The molecule has 0 aliphatic carbocycles. The van der Waals surface area contributed by atoms with Crippen molar-refractivity contribution in [3.05, 3.63) is 95.7 Å². The molecule has 0 N–H and O–H groups in total. The third-order valence-electron chi connectivity index (χ3n) is 13.0. The summed E-state index contributed by atoms with van der Waals surface area (Å²) in [7, 11) is 1.65. The van der Waals surface area contributed by atoms with Gasteiger partial charge in [-0.15, -0.1) is 5.10 Å². The zero-order valence-corrected chi connectivity index (χ0v) is 42.1. The molecule has 1 saturated heterocycles. The lowest BCUT2D eigenvalue weighted by atomic mass is 10.0. The van der Waals surface area contributed by atoms with Gasteiger partial charge in [0, 0.05) is 70.1 Å². The molecule has 4 aliphatic heterocycles. The first-order chi connectivity index (χ1) is 34.8. The predicted octanol–water partition coefficient (Wildman–Crippen LogP) is 6.81. The van der Waals surface area contributed by atoms with Crippen LogP contribution in [0.1, 0.15) is 36.6 Å². The molecule has 17 heteroatoms. The summed E-state index contributed by atoms with van der Waals surface area (Å²) in [6, 6.07) is 24.0. The molecule has 1 unspecified atom stereocenters. The van der Waals surface area contributed by atoms with Gasteiger partial charge in [-0.05, 0) is 86.8 Å². The molecular weight excluding hydrogens is 907 g/mol. The molecule has 5 aromatic rings. The second kappa shape index (κ2) is 25.8. The largest absolute Gasteiger partial charge is 0.490 e. The molecule has 4 aromatic carbocycles. The van der Waals surface area contributed by atoms with E-state index in [9.17, 15) is 4.79 Å². The van der Waals surface area contributed by atoms with Crippen molar-refractivity contribution in [3.8, 4) is 34.3 Å². The molecule has 0 saturated carbocycles. The van der Waals surface area contributed by atoms with E-state index in [0.717, 1.165) is 69.6 Å². The SMILES string of the molecule is CCN(CC)c1ccc2c(c1)OC(=O)C(n1cc(-c3ccc(N4CCOc5cc(C)ccc5N5CCOCCOCCN(CCOCCOCC5)c5ccc(C)cc5OCC4)c(OCCOC)c3)nn1)C2. The topological polar surface area (TPSA) is 144 Å². The van der Waals surface area contributed by atoms with Gasteiger partial charge in [-0.3, -0.25) is 0 Å². The quantitative estimate of drug-likeness (QED) is 0.0625. The first kappa shape index (κ1) is 51.3. The maximum absolute atomic E-state index is 13.5. The third-order valence-corrected chi connectivity index (χ3v) is 13.0. The minimum absolute atomic E-state index is 0.315. The molecule has 71 heavy (non-hydrogen) atoms. The second-order valence-electron chi connectivity index (χ2n) is 17.8. The van der Waals surface area contributed by atoms with Gasteiger partial charge in [-0.25, -0.2) is 9.48 Å². The van der Waals surface area contributed by atoms with Crippen LogP contribution < -0.4 is 38.5 Å². The fraction of sp³-hybridized carbons (Fsp3) is 0.500. The van der Waals surface area contributed by atoms with Crippen LogP contribution in [0.3, 0.4) is 0 Å². The summed E-state index contributed by atoms with van der Waals surface area (Å²) in [5.41, 5.74) is 8.29. The Balaban J connectivity index is 1.10. The lowest BCUT2D eigenvalue weighted by molar-refractivity contribution is -0.139. The van der Waals surface area contributed by atoms with Crippen LogP contribution in [-0.2, 0) is 34.9 Å². The summed E-state index contributed by atoms with van der Waals surface area (Å²) in [4.78, 5) is 22.5. The van der Waals surface area contributed by atoms with Gasteiger partial charge in [0.2, 0.25) is 0 Å². The Morgan fingerprint density at radius 1 is 0.620 bits per heavy atom. The van der Waals surface area contributed by atoms with E-state index in [4.69, 9.17) is 42.6 Å². The smallest absolute Gasteiger partial charge is 0.336 e. The molecule has 0 amide bonds. The number of hydrogen-bond acceptors (Lipinski definition) is 16. The van der Waals surface area contributed by atoms with Crippen LogP contribution in [0.15, 0.2) is 79.0 Å². The molecule has 17 nitrogen and oxygen atoms in total. The summed E-state index contributed by atoms with van der Waals surface area (Å²) >= 11 is 0. The van der Waals surface area contributed by atoms with Gasteiger partial charge in [-0.1, -0.05) is 29.5 Å². The maximum atomic E-state index is 13.5. The first-order valence-electron chi connectivity index (χ1n) is 25.1. The van der Waals surface area contributed by atoms with Crippen LogP contribution in [-0.4, -0.2) is 160 Å². The molecule has 0 radical (unpaired) electrons. The number of fused-ring (bicyclic) bond motifs is 21. The fourth-order valence-corrected chi connectivity index (χ4v) is 9.04. The Morgan fingerprint density at radius 2 is 1.17 bits per heavy atom. The number of aryl methyl sites for hydroxylation is 2. The molecule has 4 aliphatic rings. The van der Waals surface area contributed by atoms with Crippen LogP contribution in [0, 0.1) is 13.8 Å². The fourth-order valence-electron chi connectivity index (χ4n) is 9.04. The second-order valence-corrected chi connectivity index (χ2v) is 17.8. The highest BCUT2D eigenvalue weighted by molar-refractivity contribution is 5.80. The van der Waals surface area contributed by atoms with E-state index in [1.165, 1.54) is 0 Å². The molecule has 9 rings (SSSR count). The van der Waals surface area contributed by atoms with E-state index in [1.54, 1.807) is 18.0 Å². The zero-order chi connectivity index (χ0) is 49.4. The van der Waals surface area contributed by atoms with Crippen molar-refractivity contribution in [2.75, 3.05) is 158 Å². The van der Waals surface area contributed by atoms with Gasteiger partial charge in [0.15, 0.2) is 6.04 Å². The standard InChI is InChI=1S/C54H71N7O10/c1-6-57(7-2)44-12-10-43-36-49(54(62)71-50(43)38-44)61-39-45(55-56-61)42-11-15-48(53(37-42)70-33-28-63-5)60-20-26-68-51-34-40(3)8-13-46(51)58-16-22-64-29-31-66-24-18-59(19-25-67-32-30-65-23-17-58)47-14-9-41(4)35-52(47)69-27-21-60/h8-15,34-35,37-39,49H,6-7,16-33,36H2,1-5H3. The molecule has 1 aromatic heterocycles. The number of hydrogen-bond donors (Lipinski definition) is 0. The Morgan fingerprint density at radius 3 is 1.73 bits per heavy atom. The van der Waals surface area contributed by atoms with Gasteiger partial charge in [0.05, 0.1) is 95.8 Å². The van der Waals surface area contributed by atoms with Gasteiger partial charge >= 0.3 is 5.97 Å². The van der Waals surface area contributed by atoms with Crippen molar-refractivity contribution < 1.29 is 47.4 Å². The van der Waals surface area contributed by atoms with E-state index in [0.29, 0.717) is 142 Å². The number of methoxy groups -OCH3 is 1. The maximum Gasteiger partial charge on any atom is 0.336 e. The average molecular weight is 978 g/mol. The van der Waals surface area contributed by atoms with Crippen molar-refractivity contribution in [2.45, 2.75) is 40.2 Å². The first-order valence-corrected chi connectivity index (χ1v) is 25.1. The molecule has 1 fully saturated rings. The molecular formula is C54H71N7O10. The highest BCUT2D eigenvalue weighted by atomic mass is 16.5. The van der Waals surface area contributed by atoms with Crippen LogP contribution in [0.5, 0.6) is 23.0 Å². The van der Waals surface area contributed by atoms with Crippen LogP contribution in [0.4, 0.5) is 22.7 Å². The summed E-state index contributed by atoms with van der Waals surface area (Å²) in [6.07, 6.45) is 2.24. The van der Waals surface area contributed by atoms with Crippen molar-refractivity contribution in [3.63, 3.8) is 0 Å². The van der Waals surface area contributed by atoms with Gasteiger partial charge in [0.25, 0.3) is 0 Å². The van der Waals surface area contributed by atoms with E-state index < -0.39 is 6.04 Å². The average Bonchev–Trinajstić information content (AvgIpc) is 3.87. The minimum Gasteiger partial charge on any atom is -0.490 e. The van der Waals surface area contributed by atoms with E-state index in [-0.39, 0.29) is 5.97 Å². The summed E-state index contributed by atoms with van der Waals surface area (Å²) in [5.74, 6) is 2.40. The Kier molecular flexibility index (Phi) is 18.7. The van der Waals surface area contributed by atoms with Crippen LogP contribution >= 0.6 is 0 Å². The lowest BCUT2D eigenvalue weighted by Gasteiger charge is -2.30. The van der Waals surface area contributed by atoms with Crippen molar-refractivity contribution in [1.29, 1.82) is 0 Å². The lowest BCUT2D eigenvalue weighted by Crippen LogP contribution is -2.34. The monoisotopic (exact) mass is 978 g/mol. The van der Waals surface area contributed by atoms with Crippen molar-refractivity contribution >= 4 is 28.7 Å². The molecule has 0 spiro atoms. The number of nitrogens with zero attached hydrogens (tertiary/aromatic N) is 7. The highest BCUT2D eigenvalue weighted by Gasteiger charge is 2.32. The number of carbonyl (C=O) groups is 1. The number of carbonyl (C=O) groups excluding carboxylic acids is 1. The Labute approximate surface area is 418 Å². The number of benzene rings is 4. The molecule has 382 valence electrons. The third kappa shape index (κ3) is 13.7. The predicted molar refractivity (Wildman–Crippen MR) is 274 cm³/mol. The van der Waals surface area contributed by atoms with E-state index >= 15 is 0 Å². The van der Waals surface area contributed by atoms with E-state index in [1.807, 2.05) is 30.3 Å². The number of aromatic nitrogens is 3. The molecule has 5 heterocycles. The molecule has 2 bridgehead atoms. The van der Waals surface area contributed by atoms with Crippen molar-refractivity contribution in [1.82, 2.24) is 15.0 Å². The summed E-state index contributed by atoms with van der Waals surface area (Å²) in [6.45, 7) is 19.1. The summed E-state index contributed by atoms with van der Waals surface area (Å²) in [5, 5.41) is 9.01.